The number of rotatable bonds is 8. The molecule has 6 heteroatoms. The van der Waals surface area contributed by atoms with Crippen LogP contribution in [-0.4, -0.2) is 28.0 Å². The number of aliphatic carboxylic acids is 1. The summed E-state index contributed by atoms with van der Waals surface area (Å²) in [6.45, 7) is 3.57. The van der Waals surface area contributed by atoms with Crippen molar-refractivity contribution in [1.82, 2.24) is 10.3 Å². The lowest BCUT2D eigenvalue weighted by Crippen LogP contribution is -2.44. The number of amides is 1. The lowest BCUT2D eigenvalue weighted by atomic mass is 10.0. The first-order chi connectivity index (χ1) is 11.0. The fourth-order valence-electron chi connectivity index (χ4n) is 2.35. The smallest absolute Gasteiger partial charge is 0.326 e. The predicted octanol–water partition coefficient (Wildman–Crippen LogP) is 3.23. The van der Waals surface area contributed by atoms with E-state index in [0.717, 1.165) is 29.8 Å². The number of unbranched alkanes of at least 4 members (excludes halogenated alkanes) is 1. The van der Waals surface area contributed by atoms with Gasteiger partial charge in [0.15, 0.2) is 0 Å². The summed E-state index contributed by atoms with van der Waals surface area (Å²) in [5, 5.41) is 12.7. The van der Waals surface area contributed by atoms with E-state index in [9.17, 15) is 9.59 Å². The van der Waals surface area contributed by atoms with Crippen LogP contribution in [-0.2, 0) is 16.0 Å². The highest BCUT2D eigenvalue weighted by Crippen LogP contribution is 2.22. The van der Waals surface area contributed by atoms with Crippen LogP contribution in [0.25, 0.3) is 10.2 Å². The minimum Gasteiger partial charge on any atom is -0.480 e. The number of fused-ring (bicyclic) bond motifs is 1. The molecular weight excluding hydrogens is 312 g/mol. The molecule has 1 aromatic carbocycles. The van der Waals surface area contributed by atoms with E-state index in [4.69, 9.17) is 5.11 Å². The Balaban J connectivity index is 1.74. The van der Waals surface area contributed by atoms with Gasteiger partial charge in [0.05, 0.1) is 15.2 Å². The van der Waals surface area contributed by atoms with Crippen molar-refractivity contribution >= 4 is 33.4 Å². The molecule has 1 amide bonds. The zero-order valence-electron chi connectivity index (χ0n) is 13.4. The van der Waals surface area contributed by atoms with E-state index in [1.165, 1.54) is 4.70 Å². The van der Waals surface area contributed by atoms with Crippen molar-refractivity contribution < 1.29 is 14.7 Å². The van der Waals surface area contributed by atoms with E-state index in [0.29, 0.717) is 6.42 Å². The van der Waals surface area contributed by atoms with Crippen LogP contribution in [0.15, 0.2) is 24.3 Å². The molecule has 23 heavy (non-hydrogen) atoms. The molecule has 0 bridgehead atoms. The lowest BCUT2D eigenvalue weighted by molar-refractivity contribution is -0.143. The molecule has 0 fully saturated rings. The molecule has 0 saturated heterocycles. The van der Waals surface area contributed by atoms with Crippen molar-refractivity contribution in [3.63, 3.8) is 0 Å². The van der Waals surface area contributed by atoms with Crippen LogP contribution in [0.2, 0.25) is 0 Å². The second-order valence-corrected chi connectivity index (χ2v) is 7.03. The Morgan fingerprint density at radius 1 is 1.26 bits per heavy atom. The summed E-state index contributed by atoms with van der Waals surface area (Å²) in [5.41, 5.74) is 1.02. The first-order valence-electron chi connectivity index (χ1n) is 7.84. The Morgan fingerprint density at radius 2 is 2.00 bits per heavy atom. The molecule has 2 aromatic rings. The van der Waals surface area contributed by atoms with E-state index in [-0.39, 0.29) is 11.8 Å². The summed E-state index contributed by atoms with van der Waals surface area (Å²) >= 11 is 1.69. The molecule has 0 aliphatic heterocycles. The Bertz CT molecular complexity index is 648. The minimum atomic E-state index is -0.983. The quantitative estimate of drug-likeness (QED) is 0.726. The number of carbonyl (C=O) groups excluding carboxylic acids is 1. The number of carboxylic acid groups (broad SMARTS) is 1. The summed E-state index contributed by atoms with van der Waals surface area (Å²) in [5.74, 6) is -1.31. The third-order valence-electron chi connectivity index (χ3n) is 3.63. The van der Waals surface area contributed by atoms with Crippen molar-refractivity contribution in [3.8, 4) is 0 Å². The van der Waals surface area contributed by atoms with Crippen LogP contribution in [0.5, 0.6) is 0 Å². The number of aryl methyl sites for hydroxylation is 1. The first-order valence-corrected chi connectivity index (χ1v) is 8.65. The van der Waals surface area contributed by atoms with Crippen LogP contribution in [0.1, 0.15) is 38.1 Å². The van der Waals surface area contributed by atoms with Crippen LogP contribution in [0.3, 0.4) is 0 Å². The zero-order chi connectivity index (χ0) is 16.8. The number of hydrogen-bond donors (Lipinski definition) is 2. The Hall–Kier alpha value is -1.95. The number of carbonyl (C=O) groups is 2. The van der Waals surface area contributed by atoms with Gasteiger partial charge < -0.3 is 10.4 Å². The molecule has 124 valence electrons. The van der Waals surface area contributed by atoms with Gasteiger partial charge in [0.25, 0.3) is 0 Å². The molecule has 1 aromatic heterocycles. The summed E-state index contributed by atoms with van der Waals surface area (Å²) in [6.07, 6.45) is 2.79. The summed E-state index contributed by atoms with van der Waals surface area (Å²) < 4.78 is 1.18. The third-order valence-corrected chi connectivity index (χ3v) is 4.73. The molecule has 0 aliphatic carbocycles. The van der Waals surface area contributed by atoms with Gasteiger partial charge in [0, 0.05) is 6.42 Å². The Kier molecular flexibility index (Phi) is 6.10. The van der Waals surface area contributed by atoms with Gasteiger partial charge in [-0.15, -0.1) is 11.3 Å². The average Bonchev–Trinajstić information content (AvgIpc) is 2.91. The van der Waals surface area contributed by atoms with Gasteiger partial charge in [0.2, 0.25) is 5.91 Å². The fraction of sp³-hybridized carbons (Fsp3) is 0.471. The lowest BCUT2D eigenvalue weighted by Gasteiger charge is -2.17. The third kappa shape index (κ3) is 5.03. The van der Waals surface area contributed by atoms with Crippen molar-refractivity contribution in [2.45, 2.75) is 45.6 Å². The molecular formula is C17H22N2O3S. The second-order valence-electron chi connectivity index (χ2n) is 5.91. The number of nitrogens with one attached hydrogen (secondary N) is 1. The Labute approximate surface area is 139 Å². The zero-order valence-corrected chi connectivity index (χ0v) is 14.2. The highest BCUT2D eigenvalue weighted by Gasteiger charge is 2.22. The first kappa shape index (κ1) is 17.4. The molecule has 1 heterocycles. The maximum Gasteiger partial charge on any atom is 0.326 e. The topological polar surface area (TPSA) is 79.3 Å². The number of aromatic nitrogens is 1. The average molecular weight is 334 g/mol. The second kappa shape index (κ2) is 8.06. The van der Waals surface area contributed by atoms with E-state index in [2.05, 4.69) is 16.4 Å². The monoisotopic (exact) mass is 334 g/mol. The molecule has 5 nitrogen and oxygen atoms in total. The van der Waals surface area contributed by atoms with Crippen molar-refractivity contribution in [1.29, 1.82) is 0 Å². The van der Waals surface area contributed by atoms with Gasteiger partial charge in [-0.05, 0) is 37.3 Å². The van der Waals surface area contributed by atoms with Crippen molar-refractivity contribution in [3.05, 3.63) is 29.3 Å². The van der Waals surface area contributed by atoms with Gasteiger partial charge >= 0.3 is 5.97 Å². The molecule has 0 radical (unpaired) electrons. The van der Waals surface area contributed by atoms with E-state index in [1.807, 2.05) is 18.2 Å². The van der Waals surface area contributed by atoms with Crippen LogP contribution in [0, 0.1) is 5.92 Å². The minimum absolute atomic E-state index is 0.126. The molecule has 0 unspecified atom stereocenters. The van der Waals surface area contributed by atoms with E-state index >= 15 is 0 Å². The number of para-hydroxylation sites is 1. The number of carboxylic acids is 1. The molecule has 0 spiro atoms. The molecule has 2 N–H and O–H groups in total. The van der Waals surface area contributed by atoms with E-state index < -0.39 is 12.0 Å². The summed E-state index contributed by atoms with van der Waals surface area (Å²) in [6, 6.07) is 7.22. The maximum absolute atomic E-state index is 11.8. The number of nitrogens with zero attached hydrogens (tertiary/aromatic N) is 1. The van der Waals surface area contributed by atoms with Gasteiger partial charge in [-0.25, -0.2) is 9.78 Å². The van der Waals surface area contributed by atoms with Crippen LogP contribution >= 0.6 is 11.3 Å². The van der Waals surface area contributed by atoms with Crippen LogP contribution in [0.4, 0.5) is 0 Å². The highest BCUT2D eigenvalue weighted by molar-refractivity contribution is 7.18. The van der Waals surface area contributed by atoms with Crippen molar-refractivity contribution in [2.24, 2.45) is 5.92 Å². The predicted molar refractivity (Wildman–Crippen MR) is 91.6 cm³/mol. The molecule has 2 rings (SSSR count). The SMILES string of the molecule is CC(C)[C@H](NC(=O)CCCCc1nc2ccccc2s1)C(=O)O. The van der Waals surface area contributed by atoms with Gasteiger partial charge in [-0.2, -0.15) is 0 Å². The largest absolute Gasteiger partial charge is 0.480 e. The summed E-state index contributed by atoms with van der Waals surface area (Å²) in [4.78, 5) is 27.4. The standard InChI is InChI=1S/C17H22N2O3S/c1-11(2)16(17(21)22)19-14(20)9-5-6-10-15-18-12-7-3-4-8-13(12)23-15/h3-4,7-8,11,16H,5-6,9-10H2,1-2H3,(H,19,20)(H,21,22)/t16-/m0/s1. The number of thiazole rings is 1. The summed E-state index contributed by atoms with van der Waals surface area (Å²) in [7, 11) is 0. The number of hydrogen-bond acceptors (Lipinski definition) is 4. The van der Waals surface area contributed by atoms with Gasteiger partial charge in [0.1, 0.15) is 6.04 Å². The van der Waals surface area contributed by atoms with E-state index in [1.54, 1.807) is 25.2 Å². The number of benzene rings is 1. The Morgan fingerprint density at radius 3 is 2.65 bits per heavy atom. The molecule has 0 aliphatic rings. The van der Waals surface area contributed by atoms with Gasteiger partial charge in [-0.1, -0.05) is 26.0 Å². The maximum atomic E-state index is 11.8. The van der Waals surface area contributed by atoms with Gasteiger partial charge in [-0.3, -0.25) is 4.79 Å². The highest BCUT2D eigenvalue weighted by atomic mass is 32.1. The molecule has 0 saturated carbocycles. The molecule has 1 atom stereocenters. The normalized spacial score (nSPS) is 12.5. The van der Waals surface area contributed by atoms with Crippen molar-refractivity contribution in [2.75, 3.05) is 0 Å². The fourth-order valence-corrected chi connectivity index (χ4v) is 3.36. The van der Waals surface area contributed by atoms with Crippen LogP contribution < -0.4 is 5.32 Å².